The Kier molecular flexibility index (Phi) is 5.40. The number of nitrogens with one attached hydrogen (secondary N) is 1. The van der Waals surface area contributed by atoms with E-state index in [9.17, 15) is 4.79 Å². The van der Waals surface area contributed by atoms with Crippen LogP contribution in [0.5, 0.6) is 0 Å². The highest BCUT2D eigenvalue weighted by Crippen LogP contribution is 2.23. The SMILES string of the molecule is CSc1nc2nc(C)c(CCC(=O)Nc3ccc(-c4cn5ccsc5n4)cc3)c(C)n2n1. The van der Waals surface area contributed by atoms with E-state index in [1.54, 1.807) is 15.9 Å². The number of aromatic nitrogens is 6. The summed E-state index contributed by atoms with van der Waals surface area (Å²) in [6.07, 6.45) is 6.88. The first-order valence-electron chi connectivity index (χ1n) is 10.1. The summed E-state index contributed by atoms with van der Waals surface area (Å²) in [4.78, 5) is 27.1. The molecule has 8 nitrogen and oxygen atoms in total. The Labute approximate surface area is 192 Å². The van der Waals surface area contributed by atoms with Gasteiger partial charge in [0.2, 0.25) is 11.1 Å². The van der Waals surface area contributed by atoms with Crippen LogP contribution in [0.15, 0.2) is 47.2 Å². The zero-order chi connectivity index (χ0) is 22.2. The molecule has 0 spiro atoms. The Balaban J connectivity index is 1.25. The molecule has 1 aromatic carbocycles. The summed E-state index contributed by atoms with van der Waals surface area (Å²) in [5, 5.41) is 10.1. The zero-order valence-corrected chi connectivity index (χ0v) is 19.5. The van der Waals surface area contributed by atoms with Crippen LogP contribution < -0.4 is 5.32 Å². The number of thioether (sulfide) groups is 1. The van der Waals surface area contributed by atoms with E-state index < -0.39 is 0 Å². The van der Waals surface area contributed by atoms with Gasteiger partial charge < -0.3 is 5.32 Å². The van der Waals surface area contributed by atoms with Crippen molar-refractivity contribution >= 4 is 45.4 Å². The molecule has 5 rings (SSSR count). The summed E-state index contributed by atoms with van der Waals surface area (Å²) in [5.41, 5.74) is 5.58. The Bertz CT molecular complexity index is 1400. The van der Waals surface area contributed by atoms with E-state index in [1.807, 2.05) is 66.5 Å². The minimum atomic E-state index is -0.0393. The second-order valence-electron chi connectivity index (χ2n) is 7.42. The highest BCUT2D eigenvalue weighted by Gasteiger charge is 2.14. The van der Waals surface area contributed by atoms with Gasteiger partial charge in [-0.25, -0.2) is 14.5 Å². The molecule has 0 saturated carbocycles. The molecule has 0 bridgehead atoms. The lowest BCUT2D eigenvalue weighted by atomic mass is 10.1. The molecule has 0 aliphatic heterocycles. The van der Waals surface area contributed by atoms with Crippen LogP contribution in [-0.4, -0.2) is 41.1 Å². The molecule has 0 aliphatic carbocycles. The third-order valence-electron chi connectivity index (χ3n) is 5.37. The lowest BCUT2D eigenvalue weighted by Gasteiger charge is -2.10. The van der Waals surface area contributed by atoms with Gasteiger partial charge in [-0.2, -0.15) is 4.98 Å². The van der Waals surface area contributed by atoms with Crippen molar-refractivity contribution in [2.24, 2.45) is 0 Å². The smallest absolute Gasteiger partial charge is 0.253 e. The molecule has 0 atom stereocenters. The topological polar surface area (TPSA) is 89.5 Å². The maximum absolute atomic E-state index is 12.6. The molecule has 4 aromatic heterocycles. The number of thiazole rings is 1. The lowest BCUT2D eigenvalue weighted by Crippen LogP contribution is -2.14. The van der Waals surface area contributed by atoms with Crippen molar-refractivity contribution in [3.05, 3.63) is 59.0 Å². The number of hydrogen-bond acceptors (Lipinski definition) is 7. The molecule has 0 fully saturated rings. The van der Waals surface area contributed by atoms with Gasteiger partial charge in [-0.05, 0) is 44.2 Å². The summed E-state index contributed by atoms with van der Waals surface area (Å²) < 4.78 is 3.76. The second-order valence-corrected chi connectivity index (χ2v) is 9.06. The van der Waals surface area contributed by atoms with Crippen LogP contribution in [-0.2, 0) is 11.2 Å². The predicted octanol–water partition coefficient (Wildman–Crippen LogP) is 4.41. The Hall–Kier alpha value is -3.24. The second kappa shape index (κ2) is 8.36. The summed E-state index contributed by atoms with van der Waals surface area (Å²) in [6, 6.07) is 7.76. The fraction of sp³-hybridized carbons (Fsp3) is 0.227. The Morgan fingerprint density at radius 2 is 1.97 bits per heavy atom. The first-order chi connectivity index (χ1) is 15.5. The van der Waals surface area contributed by atoms with Crippen LogP contribution in [0, 0.1) is 13.8 Å². The fourth-order valence-corrected chi connectivity index (χ4v) is 4.73. The fourth-order valence-electron chi connectivity index (χ4n) is 3.69. The van der Waals surface area contributed by atoms with Crippen molar-refractivity contribution < 1.29 is 4.79 Å². The number of anilines is 1. The van der Waals surface area contributed by atoms with Gasteiger partial charge in [0.15, 0.2) is 4.96 Å². The highest BCUT2D eigenvalue weighted by molar-refractivity contribution is 7.98. The van der Waals surface area contributed by atoms with E-state index in [2.05, 4.69) is 25.4 Å². The highest BCUT2D eigenvalue weighted by atomic mass is 32.2. The normalized spacial score (nSPS) is 11.5. The zero-order valence-electron chi connectivity index (χ0n) is 17.9. The number of carbonyl (C=O) groups is 1. The van der Waals surface area contributed by atoms with Crippen molar-refractivity contribution in [2.45, 2.75) is 31.8 Å². The van der Waals surface area contributed by atoms with E-state index in [1.165, 1.54) is 11.8 Å². The quantitative estimate of drug-likeness (QED) is 0.375. The first-order valence-corrected chi connectivity index (χ1v) is 12.2. The first kappa shape index (κ1) is 20.7. The molecule has 162 valence electrons. The van der Waals surface area contributed by atoms with Gasteiger partial charge in [0, 0.05) is 46.8 Å². The standard InChI is InChI=1S/C22H21N7OS2/c1-13-17(14(2)29-20(23-13)26-21(27-29)31-3)8-9-19(30)24-16-6-4-15(5-7-16)18-12-28-10-11-32-22(28)25-18/h4-7,10-12H,8-9H2,1-3H3,(H,24,30). The number of carbonyl (C=O) groups excluding carboxylic acids is 1. The molecule has 0 aliphatic rings. The average Bonchev–Trinajstić information content (AvgIpc) is 3.48. The summed E-state index contributed by atoms with van der Waals surface area (Å²) in [6.45, 7) is 3.94. The van der Waals surface area contributed by atoms with Gasteiger partial charge in [0.25, 0.3) is 5.78 Å². The molecule has 5 aromatic rings. The molecule has 4 heterocycles. The lowest BCUT2D eigenvalue weighted by molar-refractivity contribution is -0.116. The number of hydrogen-bond donors (Lipinski definition) is 1. The van der Waals surface area contributed by atoms with Crippen molar-refractivity contribution in [3.8, 4) is 11.3 Å². The van der Waals surface area contributed by atoms with Crippen LogP contribution in [0.2, 0.25) is 0 Å². The van der Waals surface area contributed by atoms with Crippen molar-refractivity contribution in [3.63, 3.8) is 0 Å². The predicted molar refractivity (Wildman–Crippen MR) is 127 cm³/mol. The van der Waals surface area contributed by atoms with Crippen LogP contribution in [0.1, 0.15) is 23.4 Å². The number of nitrogens with zero attached hydrogens (tertiary/aromatic N) is 6. The molecular formula is C22H21N7OS2. The van der Waals surface area contributed by atoms with Crippen molar-refractivity contribution in [2.75, 3.05) is 11.6 Å². The van der Waals surface area contributed by atoms with Gasteiger partial charge in [0.1, 0.15) is 0 Å². The minimum absolute atomic E-state index is 0.0393. The van der Waals surface area contributed by atoms with Gasteiger partial charge >= 0.3 is 0 Å². The molecule has 0 radical (unpaired) electrons. The summed E-state index contributed by atoms with van der Waals surface area (Å²) >= 11 is 3.09. The van der Waals surface area contributed by atoms with E-state index in [0.29, 0.717) is 23.8 Å². The van der Waals surface area contributed by atoms with Crippen LogP contribution in [0.4, 0.5) is 5.69 Å². The molecule has 0 saturated heterocycles. The largest absolute Gasteiger partial charge is 0.326 e. The third kappa shape index (κ3) is 3.87. The van der Waals surface area contributed by atoms with E-state index in [-0.39, 0.29) is 5.91 Å². The van der Waals surface area contributed by atoms with Crippen LogP contribution >= 0.6 is 23.1 Å². The van der Waals surface area contributed by atoms with Gasteiger partial charge in [-0.3, -0.25) is 9.20 Å². The van der Waals surface area contributed by atoms with Gasteiger partial charge in [-0.15, -0.1) is 16.4 Å². The molecule has 32 heavy (non-hydrogen) atoms. The molecule has 10 heteroatoms. The summed E-state index contributed by atoms with van der Waals surface area (Å²) in [7, 11) is 0. The molecule has 1 N–H and O–H groups in total. The number of benzene rings is 1. The van der Waals surface area contributed by atoms with Crippen molar-refractivity contribution in [1.29, 1.82) is 0 Å². The average molecular weight is 464 g/mol. The summed E-state index contributed by atoms with van der Waals surface area (Å²) in [5.74, 6) is 0.553. The van der Waals surface area contributed by atoms with E-state index >= 15 is 0 Å². The van der Waals surface area contributed by atoms with Crippen LogP contribution in [0.3, 0.4) is 0 Å². The van der Waals surface area contributed by atoms with E-state index in [0.717, 1.165) is 38.9 Å². The molecular weight excluding hydrogens is 442 g/mol. The Morgan fingerprint density at radius 3 is 2.72 bits per heavy atom. The monoisotopic (exact) mass is 463 g/mol. The number of fused-ring (bicyclic) bond motifs is 2. The van der Waals surface area contributed by atoms with Crippen molar-refractivity contribution in [1.82, 2.24) is 29.0 Å². The minimum Gasteiger partial charge on any atom is -0.326 e. The maximum Gasteiger partial charge on any atom is 0.253 e. The van der Waals surface area contributed by atoms with E-state index in [4.69, 9.17) is 0 Å². The van der Waals surface area contributed by atoms with Gasteiger partial charge in [-0.1, -0.05) is 23.9 Å². The number of rotatable bonds is 6. The maximum atomic E-state index is 12.6. The number of imidazole rings is 1. The number of aryl methyl sites for hydroxylation is 2. The van der Waals surface area contributed by atoms with Gasteiger partial charge in [0.05, 0.1) is 5.69 Å². The van der Waals surface area contributed by atoms with Crippen LogP contribution in [0.25, 0.3) is 22.0 Å². The molecule has 1 amide bonds. The number of amides is 1. The molecule has 0 unspecified atom stereocenters. The Morgan fingerprint density at radius 1 is 1.16 bits per heavy atom. The third-order valence-corrected chi connectivity index (χ3v) is 6.68.